The molecular formula is C38H62O4. The van der Waals surface area contributed by atoms with Crippen LogP contribution >= 0.6 is 0 Å². The van der Waals surface area contributed by atoms with E-state index in [1.807, 2.05) is 13.8 Å². The van der Waals surface area contributed by atoms with Crippen LogP contribution in [0.25, 0.3) is 0 Å². The van der Waals surface area contributed by atoms with Gasteiger partial charge in [-0.15, -0.1) is 0 Å². The molecule has 238 valence electrons. The van der Waals surface area contributed by atoms with E-state index in [9.17, 15) is 4.79 Å². The number of hydrogen-bond donors (Lipinski definition) is 0. The minimum absolute atomic E-state index is 0.161. The van der Waals surface area contributed by atoms with Crippen molar-refractivity contribution in [2.45, 2.75) is 170 Å². The van der Waals surface area contributed by atoms with Gasteiger partial charge in [-0.2, -0.15) is 0 Å². The van der Waals surface area contributed by atoms with Gasteiger partial charge in [-0.3, -0.25) is 0 Å². The van der Waals surface area contributed by atoms with Crippen LogP contribution in [0, 0.1) is 62.6 Å². The van der Waals surface area contributed by atoms with E-state index in [0.29, 0.717) is 33.0 Å². The molecule has 2 heterocycles. The van der Waals surface area contributed by atoms with Gasteiger partial charge in [0.15, 0.2) is 11.9 Å². The molecule has 0 radical (unpaired) electrons. The molecule has 42 heavy (non-hydrogen) atoms. The largest absolute Gasteiger partial charge is 0.457 e. The van der Waals surface area contributed by atoms with Crippen LogP contribution in [-0.2, 0) is 19.0 Å². The van der Waals surface area contributed by atoms with Gasteiger partial charge in [-0.25, -0.2) is 4.79 Å². The first kappa shape index (κ1) is 30.1. The van der Waals surface area contributed by atoms with E-state index < -0.39 is 11.9 Å². The molecule has 7 rings (SSSR count). The number of cyclic esters (lactones) is 1. The molecule has 4 heteroatoms. The lowest BCUT2D eigenvalue weighted by molar-refractivity contribution is -0.241. The molecule has 0 spiro atoms. The third-order valence-corrected chi connectivity index (χ3v) is 16.4. The van der Waals surface area contributed by atoms with Gasteiger partial charge in [0.05, 0.1) is 0 Å². The number of esters is 1. The zero-order valence-corrected chi connectivity index (χ0v) is 28.5. The number of rotatable bonds is 4. The second kappa shape index (κ2) is 9.46. The smallest absolute Gasteiger partial charge is 0.338 e. The van der Waals surface area contributed by atoms with Crippen molar-refractivity contribution in [2.75, 3.05) is 0 Å². The highest BCUT2D eigenvalue weighted by molar-refractivity contribution is 5.78. The topological polar surface area (TPSA) is 44.8 Å². The summed E-state index contributed by atoms with van der Waals surface area (Å²) in [5.74, 6) is 4.03. The molecule has 5 aliphatic carbocycles. The van der Waals surface area contributed by atoms with Gasteiger partial charge in [-0.05, 0) is 153 Å². The third-order valence-electron chi connectivity index (χ3n) is 16.4. The predicted octanol–water partition coefficient (Wildman–Crippen LogP) is 9.34. The number of hydrogen-bond acceptors (Lipinski definition) is 4. The van der Waals surface area contributed by atoms with E-state index in [-0.39, 0.29) is 18.2 Å². The second-order valence-electron chi connectivity index (χ2n) is 18.9. The van der Waals surface area contributed by atoms with Crippen molar-refractivity contribution in [3.05, 3.63) is 0 Å². The summed E-state index contributed by atoms with van der Waals surface area (Å²) < 4.78 is 17.8. The maximum atomic E-state index is 12.5. The van der Waals surface area contributed by atoms with Gasteiger partial charge < -0.3 is 14.2 Å². The van der Waals surface area contributed by atoms with Gasteiger partial charge in [0.25, 0.3) is 0 Å². The summed E-state index contributed by atoms with van der Waals surface area (Å²) >= 11 is 0. The molecule has 0 amide bonds. The first-order valence-electron chi connectivity index (χ1n) is 18.1. The lowest BCUT2D eigenvalue weighted by Gasteiger charge is -2.73. The van der Waals surface area contributed by atoms with Gasteiger partial charge in [0.1, 0.15) is 12.2 Å². The number of carbonyl (C=O) groups excluding carboxylic acids is 1. The first-order chi connectivity index (χ1) is 19.6. The van der Waals surface area contributed by atoms with Crippen molar-refractivity contribution in [3.63, 3.8) is 0 Å². The highest BCUT2D eigenvalue weighted by Crippen LogP contribution is 2.78. The fourth-order valence-electron chi connectivity index (χ4n) is 14.4. The van der Waals surface area contributed by atoms with Crippen LogP contribution in [0.3, 0.4) is 0 Å². The molecule has 0 aromatic carbocycles. The zero-order chi connectivity index (χ0) is 30.1. The lowest BCUT2D eigenvalue weighted by atomic mass is 9.32. The molecule has 0 bridgehead atoms. The van der Waals surface area contributed by atoms with Gasteiger partial charge in [0.2, 0.25) is 0 Å². The summed E-state index contributed by atoms with van der Waals surface area (Å²) in [6.45, 7) is 22.6. The highest BCUT2D eigenvalue weighted by atomic mass is 16.8. The summed E-state index contributed by atoms with van der Waals surface area (Å²) in [6, 6.07) is 0. The second-order valence-corrected chi connectivity index (χ2v) is 18.9. The zero-order valence-electron chi connectivity index (χ0n) is 28.5. The Morgan fingerprint density at radius 2 is 1.40 bits per heavy atom. The van der Waals surface area contributed by atoms with Crippen molar-refractivity contribution in [1.29, 1.82) is 0 Å². The molecule has 0 aromatic heterocycles. The van der Waals surface area contributed by atoms with Crippen LogP contribution in [0.15, 0.2) is 0 Å². The lowest BCUT2D eigenvalue weighted by Crippen LogP contribution is -2.65. The fraction of sp³-hybridized carbons (Fsp3) is 0.974. The van der Waals surface area contributed by atoms with Crippen LogP contribution in [0.5, 0.6) is 0 Å². The summed E-state index contributed by atoms with van der Waals surface area (Å²) in [5, 5.41) is 0. The Kier molecular flexibility index (Phi) is 6.77. The maximum absolute atomic E-state index is 12.5. The van der Waals surface area contributed by atoms with Crippen LogP contribution in [0.4, 0.5) is 0 Å². The Morgan fingerprint density at radius 3 is 2.12 bits per heavy atom. The maximum Gasteiger partial charge on any atom is 0.338 e. The number of ether oxygens (including phenoxy) is 3. The van der Waals surface area contributed by atoms with Gasteiger partial charge in [0, 0.05) is 0 Å². The fourth-order valence-corrected chi connectivity index (χ4v) is 14.4. The molecule has 2 aliphatic heterocycles. The number of carbonyl (C=O) groups is 1. The summed E-state index contributed by atoms with van der Waals surface area (Å²) in [7, 11) is 0. The molecule has 0 N–H and O–H groups in total. The molecular weight excluding hydrogens is 520 g/mol. The summed E-state index contributed by atoms with van der Waals surface area (Å²) in [6.07, 6.45) is 16.9. The van der Waals surface area contributed by atoms with Gasteiger partial charge >= 0.3 is 5.97 Å². The molecule has 1 unspecified atom stereocenters. The molecule has 2 saturated heterocycles. The Balaban J connectivity index is 1.07. The van der Waals surface area contributed by atoms with E-state index in [1.54, 1.807) is 0 Å². The third kappa shape index (κ3) is 4.01. The summed E-state index contributed by atoms with van der Waals surface area (Å²) in [4.78, 5) is 12.5. The van der Waals surface area contributed by atoms with Crippen LogP contribution in [-0.4, -0.2) is 30.1 Å². The van der Waals surface area contributed by atoms with Crippen molar-refractivity contribution in [1.82, 2.24) is 0 Å². The average Bonchev–Trinajstić information content (AvgIpc) is 3.51. The van der Waals surface area contributed by atoms with Crippen molar-refractivity contribution in [3.8, 4) is 0 Å². The van der Waals surface area contributed by atoms with Crippen LogP contribution in [0.1, 0.15) is 146 Å². The van der Waals surface area contributed by atoms with E-state index in [1.165, 1.54) is 70.6 Å². The predicted molar refractivity (Wildman–Crippen MR) is 167 cm³/mol. The Morgan fingerprint density at radius 1 is 0.738 bits per heavy atom. The monoisotopic (exact) mass is 582 g/mol. The average molecular weight is 583 g/mol. The van der Waals surface area contributed by atoms with E-state index in [0.717, 1.165) is 42.4 Å². The first-order valence-corrected chi connectivity index (χ1v) is 18.1. The Labute approximate surface area is 257 Å². The van der Waals surface area contributed by atoms with Crippen molar-refractivity contribution in [2.24, 2.45) is 62.6 Å². The SMILES string of the molecule is C[C@H](CC[C@H]1OC(=O)[C@@H]2OC(C)(C)O[C@H]12)[C@H]1CC[C@]2(C)[C@H]3CC[C@@H]4[C@@]5(C)CCCC(C)(C)C5CC[C@@]4(C)[C@]3(C)CC[C@@H]12. The van der Waals surface area contributed by atoms with E-state index in [2.05, 4.69) is 48.5 Å². The van der Waals surface area contributed by atoms with Crippen LogP contribution in [0.2, 0.25) is 0 Å². The Hall–Kier alpha value is -0.610. The highest BCUT2D eigenvalue weighted by Gasteiger charge is 2.70. The molecule has 4 nitrogen and oxygen atoms in total. The minimum Gasteiger partial charge on any atom is -0.457 e. The van der Waals surface area contributed by atoms with Crippen molar-refractivity contribution >= 4 is 5.97 Å². The van der Waals surface area contributed by atoms with Crippen molar-refractivity contribution < 1.29 is 19.0 Å². The molecule has 7 aliphatic rings. The normalized spacial score (nSPS) is 54.6. The minimum atomic E-state index is -0.694. The molecule has 0 aromatic rings. The molecule has 7 fully saturated rings. The number of fused-ring (bicyclic) bond motifs is 8. The quantitative estimate of drug-likeness (QED) is 0.310. The van der Waals surface area contributed by atoms with E-state index in [4.69, 9.17) is 14.2 Å². The Bertz CT molecular complexity index is 1100. The van der Waals surface area contributed by atoms with Crippen LogP contribution < -0.4 is 0 Å². The van der Waals surface area contributed by atoms with E-state index >= 15 is 0 Å². The van der Waals surface area contributed by atoms with Gasteiger partial charge in [-0.1, -0.05) is 54.9 Å². The standard InChI is InChI=1S/C38H62O4/c1-23(11-12-26-30-31(32(39)40-26)42-34(4,5)41-30)24-15-20-35(6)25(24)16-21-37(8)28(35)13-14-29-36(7)19-10-18-33(2,3)27(36)17-22-38(29,37)9/h23-31H,10-22H2,1-9H3/t23-,24-,25+,26-,27?,28-,29-,30-,31-,35+,36+,37-,38-/m1/s1. The molecule has 13 atom stereocenters. The summed E-state index contributed by atoms with van der Waals surface area (Å²) in [5.41, 5.74) is 2.45. The molecule has 5 saturated carbocycles.